The normalized spacial score (nSPS) is 13.9. The minimum atomic E-state index is -0.137. The molecule has 190 valence electrons. The summed E-state index contributed by atoms with van der Waals surface area (Å²) in [6.07, 6.45) is 3.43. The Balaban J connectivity index is 1.42. The number of hydrogen-bond donors (Lipinski definition) is 2. The molecule has 2 N–H and O–H groups in total. The number of amides is 1. The topological polar surface area (TPSA) is 101 Å². The van der Waals surface area contributed by atoms with E-state index in [0.29, 0.717) is 31.9 Å². The Morgan fingerprint density at radius 1 is 0.946 bits per heavy atom. The first kappa shape index (κ1) is 24.7. The van der Waals surface area contributed by atoms with Crippen molar-refractivity contribution in [1.82, 2.24) is 19.7 Å². The van der Waals surface area contributed by atoms with E-state index in [2.05, 4.69) is 4.98 Å². The molecular formula is C29H30N4O4. The third kappa shape index (κ3) is 5.12. The van der Waals surface area contributed by atoms with Gasteiger partial charge in [-0.2, -0.15) is 5.10 Å². The second-order valence-electron chi connectivity index (χ2n) is 9.19. The fourth-order valence-electron chi connectivity index (χ4n) is 4.56. The number of pyridine rings is 1. The molecule has 8 heteroatoms. The Morgan fingerprint density at radius 3 is 2.35 bits per heavy atom. The maximum atomic E-state index is 13.4. The fourth-order valence-corrected chi connectivity index (χ4v) is 4.56. The second kappa shape index (κ2) is 10.9. The zero-order valence-electron chi connectivity index (χ0n) is 20.7. The number of aromatic nitrogens is 3. The molecule has 1 unspecified atom stereocenters. The highest BCUT2D eigenvalue weighted by atomic mass is 16.5. The second-order valence-corrected chi connectivity index (χ2v) is 9.19. The Kier molecular flexibility index (Phi) is 7.30. The van der Waals surface area contributed by atoms with E-state index in [0.717, 1.165) is 39.3 Å². The number of hydrogen-bond acceptors (Lipinski definition) is 6. The molecule has 0 bridgehead atoms. The lowest BCUT2D eigenvalue weighted by atomic mass is 9.98. The molecule has 0 saturated carbocycles. The summed E-state index contributed by atoms with van der Waals surface area (Å²) in [6.45, 7) is 3.82. The van der Waals surface area contributed by atoms with E-state index in [1.165, 1.54) is 0 Å². The van der Waals surface area contributed by atoms with Crippen molar-refractivity contribution in [2.24, 2.45) is 0 Å². The molecule has 1 aliphatic rings. The van der Waals surface area contributed by atoms with Gasteiger partial charge in [0.15, 0.2) is 0 Å². The van der Waals surface area contributed by atoms with Crippen molar-refractivity contribution in [3.05, 3.63) is 89.9 Å². The predicted octanol–water partition coefficient (Wildman–Crippen LogP) is 3.74. The standard InChI is InChI=1S/C29H30N4O4/c1-20(18-35)22-4-2-21(3-5-22)19-37-25-8-6-23(7-9-25)26-27(24-10-12-30-13-11-24)31-33-15-14-32(16-17-34)29(36)28(26)33/h2-13,20,34-35H,14-19H2,1H3. The minimum absolute atomic E-state index is 0.0817. The summed E-state index contributed by atoms with van der Waals surface area (Å²) in [5.41, 5.74) is 5.89. The van der Waals surface area contributed by atoms with E-state index >= 15 is 0 Å². The van der Waals surface area contributed by atoms with Gasteiger partial charge in [-0.05, 0) is 41.0 Å². The molecule has 0 saturated heterocycles. The van der Waals surface area contributed by atoms with Crippen molar-refractivity contribution in [2.45, 2.75) is 26.0 Å². The van der Waals surface area contributed by atoms with E-state index in [9.17, 15) is 15.0 Å². The number of fused-ring (bicyclic) bond motifs is 1. The van der Waals surface area contributed by atoms with E-state index in [1.54, 1.807) is 22.0 Å². The van der Waals surface area contributed by atoms with Gasteiger partial charge < -0.3 is 19.8 Å². The monoisotopic (exact) mass is 498 g/mol. The first-order chi connectivity index (χ1) is 18.1. The smallest absolute Gasteiger partial charge is 0.272 e. The van der Waals surface area contributed by atoms with Crippen LogP contribution < -0.4 is 4.74 Å². The lowest BCUT2D eigenvalue weighted by molar-refractivity contribution is 0.0662. The van der Waals surface area contributed by atoms with Gasteiger partial charge in [0.2, 0.25) is 0 Å². The molecule has 2 aromatic carbocycles. The average molecular weight is 499 g/mol. The van der Waals surface area contributed by atoms with Crippen LogP contribution in [0.4, 0.5) is 0 Å². The molecule has 0 aliphatic carbocycles. The number of aliphatic hydroxyl groups excluding tert-OH is 2. The molecule has 0 spiro atoms. The van der Waals surface area contributed by atoms with Crippen molar-refractivity contribution in [3.8, 4) is 28.1 Å². The SMILES string of the molecule is CC(CO)c1ccc(COc2ccc(-c3c(-c4ccncc4)nn4c3C(=O)N(CCO)CC4)cc2)cc1. The third-order valence-electron chi connectivity index (χ3n) is 6.72. The Hall–Kier alpha value is -4.01. The van der Waals surface area contributed by atoms with Crippen molar-refractivity contribution in [2.75, 3.05) is 26.3 Å². The van der Waals surface area contributed by atoms with Gasteiger partial charge >= 0.3 is 0 Å². The molecule has 37 heavy (non-hydrogen) atoms. The number of rotatable bonds is 9. The van der Waals surface area contributed by atoms with Gasteiger partial charge in [-0.1, -0.05) is 43.3 Å². The average Bonchev–Trinajstić information content (AvgIpc) is 3.34. The van der Waals surface area contributed by atoms with Gasteiger partial charge in [-0.3, -0.25) is 14.5 Å². The van der Waals surface area contributed by atoms with Crippen LogP contribution >= 0.6 is 0 Å². The number of β-amino-alcohol motifs (C(OH)–C–C–N with tert-alkyl or cyclic N) is 1. The summed E-state index contributed by atoms with van der Waals surface area (Å²) in [5.74, 6) is 0.690. The molecule has 5 rings (SSSR count). The van der Waals surface area contributed by atoms with Crippen LogP contribution in [0.2, 0.25) is 0 Å². The lowest BCUT2D eigenvalue weighted by Gasteiger charge is -2.27. The van der Waals surface area contributed by atoms with Crippen LogP contribution in [0.1, 0.15) is 34.5 Å². The number of benzene rings is 2. The zero-order chi connectivity index (χ0) is 25.8. The number of aliphatic hydroxyl groups is 2. The van der Waals surface area contributed by atoms with E-state index in [-0.39, 0.29) is 25.0 Å². The fraction of sp³-hybridized carbons (Fsp3) is 0.276. The lowest BCUT2D eigenvalue weighted by Crippen LogP contribution is -2.42. The van der Waals surface area contributed by atoms with Crippen LogP contribution in [0.3, 0.4) is 0 Å². The summed E-state index contributed by atoms with van der Waals surface area (Å²) in [7, 11) is 0. The highest BCUT2D eigenvalue weighted by Gasteiger charge is 2.32. The Bertz CT molecular complexity index is 1350. The summed E-state index contributed by atoms with van der Waals surface area (Å²) in [4.78, 5) is 19.1. The molecule has 1 amide bonds. The minimum Gasteiger partial charge on any atom is -0.489 e. The Labute approximate surface area is 215 Å². The van der Waals surface area contributed by atoms with Crippen molar-refractivity contribution in [1.29, 1.82) is 0 Å². The van der Waals surface area contributed by atoms with Crippen molar-refractivity contribution >= 4 is 5.91 Å². The van der Waals surface area contributed by atoms with Crippen molar-refractivity contribution < 1.29 is 19.7 Å². The first-order valence-corrected chi connectivity index (χ1v) is 12.4. The van der Waals surface area contributed by atoms with Crippen LogP contribution in [0.5, 0.6) is 5.75 Å². The van der Waals surface area contributed by atoms with Crippen LogP contribution in [0.15, 0.2) is 73.1 Å². The van der Waals surface area contributed by atoms with E-state index in [4.69, 9.17) is 9.84 Å². The number of carbonyl (C=O) groups excluding carboxylic acids is 1. The van der Waals surface area contributed by atoms with Gasteiger partial charge in [-0.15, -0.1) is 0 Å². The molecule has 0 fully saturated rings. The molecule has 4 aromatic rings. The zero-order valence-corrected chi connectivity index (χ0v) is 20.7. The van der Waals surface area contributed by atoms with E-state index in [1.807, 2.05) is 67.6 Å². The molecule has 1 aliphatic heterocycles. The summed E-state index contributed by atoms with van der Waals surface area (Å²) < 4.78 is 7.78. The molecule has 8 nitrogen and oxygen atoms in total. The highest BCUT2D eigenvalue weighted by molar-refractivity contribution is 6.03. The largest absolute Gasteiger partial charge is 0.489 e. The molecule has 1 atom stereocenters. The van der Waals surface area contributed by atoms with Gasteiger partial charge in [0.1, 0.15) is 23.7 Å². The predicted molar refractivity (Wildman–Crippen MR) is 140 cm³/mol. The first-order valence-electron chi connectivity index (χ1n) is 12.4. The van der Waals surface area contributed by atoms with Crippen LogP contribution in [0, 0.1) is 0 Å². The number of carbonyl (C=O) groups is 1. The number of nitrogens with zero attached hydrogens (tertiary/aromatic N) is 4. The van der Waals surface area contributed by atoms with Gasteiger partial charge in [0.05, 0.1) is 13.2 Å². The summed E-state index contributed by atoms with van der Waals surface area (Å²) in [6, 6.07) is 19.5. The molecule has 3 heterocycles. The van der Waals surface area contributed by atoms with Crippen molar-refractivity contribution in [3.63, 3.8) is 0 Å². The van der Waals surface area contributed by atoms with Crippen LogP contribution in [-0.2, 0) is 13.2 Å². The highest BCUT2D eigenvalue weighted by Crippen LogP contribution is 2.37. The van der Waals surface area contributed by atoms with Crippen LogP contribution in [-0.4, -0.2) is 62.1 Å². The van der Waals surface area contributed by atoms with Gasteiger partial charge in [0, 0.05) is 49.1 Å². The number of ether oxygens (including phenoxy) is 1. The van der Waals surface area contributed by atoms with Crippen LogP contribution in [0.25, 0.3) is 22.4 Å². The molecule has 2 aromatic heterocycles. The van der Waals surface area contributed by atoms with E-state index < -0.39 is 0 Å². The third-order valence-corrected chi connectivity index (χ3v) is 6.72. The quantitative estimate of drug-likeness (QED) is 0.365. The maximum Gasteiger partial charge on any atom is 0.272 e. The summed E-state index contributed by atoms with van der Waals surface area (Å²) in [5, 5.41) is 23.6. The molecular weight excluding hydrogens is 468 g/mol. The summed E-state index contributed by atoms with van der Waals surface area (Å²) >= 11 is 0. The maximum absolute atomic E-state index is 13.4. The van der Waals surface area contributed by atoms with Gasteiger partial charge in [0.25, 0.3) is 5.91 Å². The van der Waals surface area contributed by atoms with Gasteiger partial charge in [-0.25, -0.2) is 0 Å². The molecule has 0 radical (unpaired) electrons. The Morgan fingerprint density at radius 2 is 1.68 bits per heavy atom.